The van der Waals surface area contributed by atoms with Crippen LogP contribution in [0.3, 0.4) is 0 Å². The van der Waals surface area contributed by atoms with Crippen molar-refractivity contribution in [3.63, 3.8) is 0 Å². The summed E-state index contributed by atoms with van der Waals surface area (Å²) in [6.45, 7) is -0.0772. The average Bonchev–Trinajstić information content (AvgIpc) is 2.05. The highest BCUT2D eigenvalue weighted by atomic mass is 35.5. The van der Waals surface area contributed by atoms with Gasteiger partial charge in [-0.15, -0.1) is 11.6 Å². The summed E-state index contributed by atoms with van der Waals surface area (Å²) in [5.41, 5.74) is 0. The van der Waals surface area contributed by atoms with Crippen LogP contribution in [0.5, 0.6) is 0 Å². The summed E-state index contributed by atoms with van der Waals surface area (Å²) in [6, 6.07) is 0. The number of halogens is 1. The van der Waals surface area contributed by atoms with Crippen LogP contribution in [0.1, 0.15) is 32.1 Å². The molecule has 70 valence electrons. The third kappa shape index (κ3) is 2.97. The number of alkyl halides is 1. The Morgan fingerprint density at radius 2 is 2.00 bits per heavy atom. The summed E-state index contributed by atoms with van der Waals surface area (Å²) in [4.78, 5) is 9.86. The summed E-state index contributed by atoms with van der Waals surface area (Å²) in [6.07, 6.45) is 5.78. The van der Waals surface area contributed by atoms with Crippen molar-refractivity contribution >= 4 is 11.6 Å². The molecule has 1 atom stereocenters. The summed E-state index contributed by atoms with van der Waals surface area (Å²) in [5.74, 6) is 0.380. The lowest BCUT2D eigenvalue weighted by Crippen LogP contribution is -2.25. The summed E-state index contributed by atoms with van der Waals surface area (Å²) < 4.78 is 0. The van der Waals surface area contributed by atoms with Crippen molar-refractivity contribution in [1.29, 1.82) is 0 Å². The topological polar surface area (TPSA) is 43.1 Å². The first-order chi connectivity index (χ1) is 5.70. The second-order valence-electron chi connectivity index (χ2n) is 3.43. The Balaban J connectivity index is 2.29. The lowest BCUT2D eigenvalue weighted by Gasteiger charge is -2.23. The minimum atomic E-state index is -0.313. The molecule has 0 saturated heterocycles. The Hall–Kier alpha value is -0.310. The van der Waals surface area contributed by atoms with Crippen molar-refractivity contribution in [2.75, 3.05) is 6.54 Å². The average molecular weight is 192 g/mol. The van der Waals surface area contributed by atoms with E-state index >= 15 is 0 Å². The zero-order valence-corrected chi connectivity index (χ0v) is 7.79. The normalized spacial score (nSPS) is 22.1. The highest BCUT2D eigenvalue weighted by Gasteiger charge is 2.25. The van der Waals surface area contributed by atoms with Crippen LogP contribution in [-0.2, 0) is 0 Å². The van der Waals surface area contributed by atoms with Gasteiger partial charge in [-0.05, 0) is 18.8 Å². The van der Waals surface area contributed by atoms with Crippen LogP contribution < -0.4 is 0 Å². The first-order valence-corrected chi connectivity index (χ1v) is 4.89. The summed E-state index contributed by atoms with van der Waals surface area (Å²) in [7, 11) is 0. The fraction of sp³-hybridized carbons (Fsp3) is 1.00. The molecule has 0 heterocycles. The predicted octanol–water partition coefficient (Wildman–Crippen LogP) is 2.45. The van der Waals surface area contributed by atoms with Gasteiger partial charge in [-0.3, -0.25) is 10.1 Å². The Labute approximate surface area is 77.2 Å². The van der Waals surface area contributed by atoms with Crippen molar-refractivity contribution in [3.05, 3.63) is 10.1 Å². The zero-order chi connectivity index (χ0) is 8.97. The van der Waals surface area contributed by atoms with Gasteiger partial charge >= 0.3 is 0 Å². The van der Waals surface area contributed by atoms with Crippen LogP contribution in [0, 0.1) is 16.0 Å². The van der Waals surface area contributed by atoms with E-state index < -0.39 is 0 Å². The molecule has 0 N–H and O–H groups in total. The maximum absolute atomic E-state index is 10.2. The second-order valence-corrected chi connectivity index (χ2v) is 3.99. The number of rotatable bonds is 3. The van der Waals surface area contributed by atoms with Gasteiger partial charge in [0.1, 0.15) is 5.38 Å². The molecule has 1 fully saturated rings. The molecule has 3 nitrogen and oxygen atoms in total. The summed E-state index contributed by atoms with van der Waals surface area (Å²) in [5, 5.41) is 9.92. The van der Waals surface area contributed by atoms with Crippen molar-refractivity contribution in [3.8, 4) is 0 Å². The van der Waals surface area contributed by atoms with Crippen LogP contribution in [0.2, 0.25) is 0 Å². The van der Waals surface area contributed by atoms with Gasteiger partial charge in [0.15, 0.2) is 0 Å². The van der Waals surface area contributed by atoms with E-state index in [1.165, 1.54) is 19.3 Å². The molecule has 0 spiro atoms. The van der Waals surface area contributed by atoms with Gasteiger partial charge in [0.2, 0.25) is 6.54 Å². The Morgan fingerprint density at radius 3 is 2.50 bits per heavy atom. The van der Waals surface area contributed by atoms with Crippen LogP contribution in [-0.4, -0.2) is 16.8 Å². The molecule has 0 bridgehead atoms. The molecule has 0 unspecified atom stereocenters. The molecule has 0 aromatic heterocycles. The van der Waals surface area contributed by atoms with E-state index in [-0.39, 0.29) is 16.8 Å². The van der Waals surface area contributed by atoms with Crippen molar-refractivity contribution in [2.45, 2.75) is 37.5 Å². The maximum atomic E-state index is 10.2. The van der Waals surface area contributed by atoms with Crippen molar-refractivity contribution in [1.82, 2.24) is 0 Å². The molecule has 1 rings (SSSR count). The van der Waals surface area contributed by atoms with Crippen molar-refractivity contribution in [2.24, 2.45) is 5.92 Å². The first-order valence-electron chi connectivity index (χ1n) is 4.46. The predicted molar refractivity (Wildman–Crippen MR) is 48.1 cm³/mol. The van der Waals surface area contributed by atoms with E-state index in [1.54, 1.807) is 0 Å². The number of nitro groups is 1. The fourth-order valence-electron chi connectivity index (χ4n) is 1.79. The molecule has 1 aliphatic carbocycles. The molecule has 4 heteroatoms. The monoisotopic (exact) mass is 191 g/mol. The number of nitrogens with zero attached hydrogens (tertiary/aromatic N) is 1. The smallest absolute Gasteiger partial charge is 0.220 e. The third-order valence-electron chi connectivity index (χ3n) is 2.48. The van der Waals surface area contributed by atoms with Crippen LogP contribution in [0.4, 0.5) is 0 Å². The molecule has 1 saturated carbocycles. The highest BCUT2D eigenvalue weighted by Crippen LogP contribution is 2.29. The molecular weight excluding hydrogens is 178 g/mol. The summed E-state index contributed by atoms with van der Waals surface area (Å²) >= 11 is 5.91. The molecule has 0 aromatic rings. The van der Waals surface area contributed by atoms with E-state index in [9.17, 15) is 10.1 Å². The van der Waals surface area contributed by atoms with Gasteiger partial charge in [0, 0.05) is 4.92 Å². The van der Waals surface area contributed by atoms with Crippen LogP contribution >= 0.6 is 11.6 Å². The molecule has 0 aromatic carbocycles. The number of hydrogen-bond donors (Lipinski definition) is 0. The van der Waals surface area contributed by atoms with Crippen molar-refractivity contribution < 1.29 is 4.92 Å². The molecule has 0 aliphatic heterocycles. The molecular formula is C8H14ClNO2. The Bertz CT molecular complexity index is 157. The lowest BCUT2D eigenvalue weighted by atomic mass is 9.87. The van der Waals surface area contributed by atoms with E-state index in [4.69, 9.17) is 11.6 Å². The minimum absolute atomic E-state index is 0.0772. The maximum Gasteiger partial charge on any atom is 0.220 e. The van der Waals surface area contributed by atoms with Gasteiger partial charge in [-0.25, -0.2) is 0 Å². The number of hydrogen-bond acceptors (Lipinski definition) is 2. The third-order valence-corrected chi connectivity index (χ3v) is 2.98. The van der Waals surface area contributed by atoms with Gasteiger partial charge in [-0.1, -0.05) is 19.3 Å². The largest absolute Gasteiger partial charge is 0.264 e. The van der Waals surface area contributed by atoms with Gasteiger partial charge in [0.25, 0.3) is 0 Å². The minimum Gasteiger partial charge on any atom is -0.264 e. The van der Waals surface area contributed by atoms with E-state index in [2.05, 4.69) is 0 Å². The lowest BCUT2D eigenvalue weighted by molar-refractivity contribution is -0.480. The molecule has 1 aliphatic rings. The molecule has 0 amide bonds. The van der Waals surface area contributed by atoms with Gasteiger partial charge < -0.3 is 0 Å². The van der Waals surface area contributed by atoms with Gasteiger partial charge in [-0.2, -0.15) is 0 Å². The quantitative estimate of drug-likeness (QED) is 0.391. The Kier molecular flexibility index (Phi) is 3.79. The van der Waals surface area contributed by atoms with Crippen LogP contribution in [0.15, 0.2) is 0 Å². The Morgan fingerprint density at radius 1 is 1.42 bits per heavy atom. The SMILES string of the molecule is O=[N+]([O-])C[C@@H](Cl)C1CCCCC1. The van der Waals surface area contributed by atoms with E-state index in [0.29, 0.717) is 5.92 Å². The first kappa shape index (κ1) is 9.78. The van der Waals surface area contributed by atoms with E-state index in [1.807, 2.05) is 0 Å². The molecule has 0 radical (unpaired) electrons. The second kappa shape index (κ2) is 4.65. The van der Waals surface area contributed by atoms with Gasteiger partial charge in [0.05, 0.1) is 0 Å². The standard InChI is InChI=1S/C8H14ClNO2/c9-8(6-10(11)12)7-4-2-1-3-5-7/h7-8H,1-6H2/t8-/m1/s1. The van der Waals surface area contributed by atoms with Crippen LogP contribution in [0.25, 0.3) is 0 Å². The highest BCUT2D eigenvalue weighted by molar-refractivity contribution is 6.20. The van der Waals surface area contributed by atoms with E-state index in [0.717, 1.165) is 12.8 Å². The zero-order valence-electron chi connectivity index (χ0n) is 7.04. The fourth-order valence-corrected chi connectivity index (χ4v) is 2.15. The molecule has 12 heavy (non-hydrogen) atoms.